The lowest BCUT2D eigenvalue weighted by Gasteiger charge is -2.16. The normalized spacial score (nSPS) is 29.3. The van der Waals surface area contributed by atoms with Gasteiger partial charge in [0.05, 0.1) is 17.8 Å². The number of hydrogen-bond donors (Lipinski definition) is 4. The van der Waals surface area contributed by atoms with Crippen molar-refractivity contribution in [3.8, 4) is 0 Å². The van der Waals surface area contributed by atoms with Crippen LogP contribution in [0.5, 0.6) is 0 Å². The Morgan fingerprint density at radius 1 is 1.14 bits per heavy atom. The maximum Gasteiger partial charge on any atom is 0.222 e. The Balaban J connectivity index is 2.57. The smallest absolute Gasteiger partial charge is 0.222 e. The standard InChI is InChI=1S/C13H26N2O6S/c1-7(2)15-11(16)5-9-12(17)13(18)10(21-9)6-14-22(19,20)8(3)4/h7-10,12-14,17-18H,5-6H2,1-4H3,(H,15,16). The van der Waals surface area contributed by atoms with E-state index in [0.29, 0.717) is 0 Å². The first kappa shape index (κ1) is 19.3. The Labute approximate surface area is 131 Å². The van der Waals surface area contributed by atoms with E-state index < -0.39 is 39.7 Å². The number of ether oxygens (including phenoxy) is 1. The molecule has 22 heavy (non-hydrogen) atoms. The number of amides is 1. The lowest BCUT2D eigenvalue weighted by molar-refractivity contribution is -0.125. The second-order valence-corrected chi connectivity index (χ2v) is 8.38. The van der Waals surface area contributed by atoms with Crippen molar-refractivity contribution in [3.05, 3.63) is 0 Å². The summed E-state index contributed by atoms with van der Waals surface area (Å²) >= 11 is 0. The van der Waals surface area contributed by atoms with Crippen molar-refractivity contribution in [1.29, 1.82) is 0 Å². The van der Waals surface area contributed by atoms with E-state index in [1.807, 2.05) is 13.8 Å². The second kappa shape index (κ2) is 7.69. The van der Waals surface area contributed by atoms with Gasteiger partial charge < -0.3 is 20.3 Å². The Hall–Kier alpha value is -0.740. The van der Waals surface area contributed by atoms with Crippen molar-refractivity contribution in [2.75, 3.05) is 6.54 Å². The van der Waals surface area contributed by atoms with Crippen LogP contribution in [0.25, 0.3) is 0 Å². The van der Waals surface area contributed by atoms with Crippen LogP contribution in [0.2, 0.25) is 0 Å². The van der Waals surface area contributed by atoms with Gasteiger partial charge in [0.2, 0.25) is 15.9 Å². The van der Waals surface area contributed by atoms with Crippen LogP contribution >= 0.6 is 0 Å². The average Bonchev–Trinajstić information content (AvgIpc) is 2.63. The minimum Gasteiger partial charge on any atom is -0.388 e. The van der Waals surface area contributed by atoms with Crippen molar-refractivity contribution in [1.82, 2.24) is 10.0 Å². The number of aliphatic hydroxyl groups excluding tert-OH is 2. The first-order chi connectivity index (χ1) is 10.0. The van der Waals surface area contributed by atoms with Crippen LogP contribution < -0.4 is 10.0 Å². The Morgan fingerprint density at radius 2 is 1.68 bits per heavy atom. The lowest BCUT2D eigenvalue weighted by atomic mass is 10.1. The molecule has 1 aliphatic rings. The predicted octanol–water partition coefficient (Wildman–Crippen LogP) is -1.28. The van der Waals surface area contributed by atoms with Crippen LogP contribution in [0.1, 0.15) is 34.1 Å². The molecule has 1 amide bonds. The monoisotopic (exact) mass is 338 g/mol. The molecule has 8 nitrogen and oxygen atoms in total. The minimum absolute atomic E-state index is 0.0374. The third-order valence-corrected chi connectivity index (χ3v) is 5.21. The fourth-order valence-electron chi connectivity index (χ4n) is 2.09. The first-order valence-electron chi connectivity index (χ1n) is 7.34. The van der Waals surface area contributed by atoms with Gasteiger partial charge in [0, 0.05) is 12.6 Å². The van der Waals surface area contributed by atoms with Crippen LogP contribution in [0.15, 0.2) is 0 Å². The van der Waals surface area contributed by atoms with E-state index in [9.17, 15) is 23.4 Å². The highest BCUT2D eigenvalue weighted by Gasteiger charge is 2.43. The molecule has 9 heteroatoms. The molecular weight excluding hydrogens is 312 g/mol. The van der Waals surface area contributed by atoms with E-state index in [-0.39, 0.29) is 24.9 Å². The van der Waals surface area contributed by atoms with Crippen molar-refractivity contribution in [2.45, 2.75) is 69.8 Å². The van der Waals surface area contributed by atoms with Gasteiger partial charge in [0.15, 0.2) is 0 Å². The van der Waals surface area contributed by atoms with Gasteiger partial charge >= 0.3 is 0 Å². The molecule has 1 saturated heterocycles. The van der Waals surface area contributed by atoms with Crippen LogP contribution in [-0.2, 0) is 19.6 Å². The summed E-state index contributed by atoms with van der Waals surface area (Å²) in [5.74, 6) is -0.297. The fourth-order valence-corrected chi connectivity index (χ4v) is 2.82. The van der Waals surface area contributed by atoms with Crippen molar-refractivity contribution >= 4 is 15.9 Å². The highest BCUT2D eigenvalue weighted by atomic mass is 32.2. The zero-order chi connectivity index (χ0) is 17.1. The number of rotatable bonds is 7. The molecule has 0 aromatic rings. The Bertz CT molecular complexity index is 479. The molecule has 0 saturated carbocycles. The van der Waals surface area contributed by atoms with Crippen LogP contribution in [-0.4, -0.2) is 66.8 Å². The largest absolute Gasteiger partial charge is 0.388 e. The highest BCUT2D eigenvalue weighted by Crippen LogP contribution is 2.23. The molecule has 0 aromatic carbocycles. The summed E-state index contributed by atoms with van der Waals surface area (Å²) in [5.41, 5.74) is 0. The summed E-state index contributed by atoms with van der Waals surface area (Å²) in [5, 5.41) is 21.9. The van der Waals surface area contributed by atoms with E-state index in [4.69, 9.17) is 4.74 Å². The van der Waals surface area contributed by atoms with Gasteiger partial charge in [-0.3, -0.25) is 4.79 Å². The van der Waals surface area contributed by atoms with Crippen molar-refractivity contribution in [3.63, 3.8) is 0 Å². The van der Waals surface area contributed by atoms with Crippen LogP contribution in [0.3, 0.4) is 0 Å². The van der Waals surface area contributed by atoms with Gasteiger partial charge in [-0.25, -0.2) is 13.1 Å². The van der Waals surface area contributed by atoms with Gasteiger partial charge in [0.25, 0.3) is 0 Å². The molecule has 0 radical (unpaired) electrons. The summed E-state index contributed by atoms with van der Waals surface area (Å²) < 4.78 is 31.1. The van der Waals surface area contributed by atoms with Gasteiger partial charge in [-0.15, -0.1) is 0 Å². The molecule has 1 heterocycles. The highest BCUT2D eigenvalue weighted by molar-refractivity contribution is 7.90. The maximum absolute atomic E-state index is 11.7. The van der Waals surface area contributed by atoms with E-state index in [2.05, 4.69) is 10.0 Å². The van der Waals surface area contributed by atoms with Crippen LogP contribution in [0.4, 0.5) is 0 Å². The lowest BCUT2D eigenvalue weighted by Crippen LogP contribution is -2.42. The summed E-state index contributed by atoms with van der Waals surface area (Å²) in [6, 6.07) is -0.0374. The zero-order valence-corrected chi connectivity index (χ0v) is 14.1. The SMILES string of the molecule is CC(C)NC(=O)CC1OC(CNS(=O)(=O)C(C)C)C(O)C1O. The number of carbonyl (C=O) groups excluding carboxylic acids is 1. The first-order valence-corrected chi connectivity index (χ1v) is 8.88. The second-order valence-electron chi connectivity index (χ2n) is 6.06. The molecule has 1 aliphatic heterocycles. The average molecular weight is 338 g/mol. The predicted molar refractivity (Wildman–Crippen MR) is 80.6 cm³/mol. The van der Waals surface area contributed by atoms with Crippen molar-refractivity contribution < 1.29 is 28.2 Å². The number of carbonyl (C=O) groups is 1. The minimum atomic E-state index is -3.49. The molecule has 4 unspecified atom stereocenters. The topological polar surface area (TPSA) is 125 Å². The molecule has 0 bridgehead atoms. The summed E-state index contributed by atoms with van der Waals surface area (Å²) in [4.78, 5) is 11.7. The molecule has 4 N–H and O–H groups in total. The van der Waals surface area contributed by atoms with Crippen molar-refractivity contribution in [2.24, 2.45) is 0 Å². The van der Waals surface area contributed by atoms with Gasteiger partial charge in [-0.05, 0) is 27.7 Å². The molecule has 1 fully saturated rings. The quantitative estimate of drug-likeness (QED) is 0.458. The third kappa shape index (κ3) is 5.17. The molecule has 130 valence electrons. The van der Waals surface area contributed by atoms with E-state index in [1.54, 1.807) is 0 Å². The number of aliphatic hydroxyl groups is 2. The molecule has 0 aromatic heterocycles. The summed E-state index contributed by atoms with van der Waals surface area (Å²) in [6.45, 7) is 6.52. The molecule has 1 rings (SSSR count). The van der Waals surface area contributed by atoms with E-state index >= 15 is 0 Å². The number of sulfonamides is 1. The molecule has 0 aliphatic carbocycles. The molecular formula is C13H26N2O6S. The Kier molecular flexibility index (Phi) is 6.75. The maximum atomic E-state index is 11.7. The number of nitrogens with one attached hydrogen (secondary N) is 2. The van der Waals surface area contributed by atoms with Gasteiger partial charge in [-0.2, -0.15) is 0 Å². The zero-order valence-electron chi connectivity index (χ0n) is 13.3. The van der Waals surface area contributed by atoms with Crippen LogP contribution in [0, 0.1) is 0 Å². The van der Waals surface area contributed by atoms with E-state index in [1.165, 1.54) is 13.8 Å². The fraction of sp³-hybridized carbons (Fsp3) is 0.923. The summed E-state index contributed by atoms with van der Waals surface area (Å²) in [7, 11) is -3.49. The third-order valence-electron chi connectivity index (χ3n) is 3.40. The molecule has 4 atom stereocenters. The Morgan fingerprint density at radius 3 is 2.18 bits per heavy atom. The van der Waals surface area contributed by atoms with Gasteiger partial charge in [-0.1, -0.05) is 0 Å². The molecule has 0 spiro atoms. The summed E-state index contributed by atoms with van der Waals surface area (Å²) in [6.07, 6.45) is -4.31. The number of hydrogen-bond acceptors (Lipinski definition) is 6. The van der Waals surface area contributed by atoms with E-state index in [0.717, 1.165) is 0 Å². The van der Waals surface area contributed by atoms with Gasteiger partial charge in [0.1, 0.15) is 18.3 Å².